The van der Waals surface area contributed by atoms with Crippen LogP contribution in [0.25, 0.3) is 0 Å². The molecule has 0 atom stereocenters. The van der Waals surface area contributed by atoms with Crippen molar-refractivity contribution in [1.29, 1.82) is 0 Å². The number of piperazine rings is 1. The summed E-state index contributed by atoms with van der Waals surface area (Å²) in [5.41, 5.74) is 0.568. The van der Waals surface area contributed by atoms with Gasteiger partial charge in [-0.05, 0) is 29.6 Å². The van der Waals surface area contributed by atoms with E-state index in [2.05, 4.69) is 10.2 Å². The topological polar surface area (TPSA) is 52.7 Å². The fraction of sp³-hybridized carbons (Fsp3) is 0.333. The van der Waals surface area contributed by atoms with Gasteiger partial charge in [-0.25, -0.2) is 0 Å². The number of rotatable bonds is 5. The normalized spacial score (nSPS) is 15.2. The minimum atomic E-state index is -0.117. The molecule has 1 N–H and O–H groups in total. The highest BCUT2D eigenvalue weighted by Crippen LogP contribution is 2.14. The molecular formula is C18H20ClN3O2S. The highest BCUT2D eigenvalue weighted by atomic mass is 35.5. The molecule has 0 radical (unpaired) electrons. The third-order valence-electron chi connectivity index (χ3n) is 4.19. The lowest BCUT2D eigenvalue weighted by molar-refractivity contribution is 0.0643. The summed E-state index contributed by atoms with van der Waals surface area (Å²) >= 11 is 7.38. The molecular weight excluding hydrogens is 358 g/mol. The Morgan fingerprint density at radius 1 is 1.12 bits per heavy atom. The van der Waals surface area contributed by atoms with Crippen LogP contribution < -0.4 is 5.32 Å². The molecule has 1 saturated heterocycles. The zero-order valence-electron chi connectivity index (χ0n) is 13.8. The second kappa shape index (κ2) is 8.47. The van der Waals surface area contributed by atoms with Gasteiger partial charge in [0.05, 0.1) is 4.88 Å². The minimum Gasteiger partial charge on any atom is -0.351 e. The van der Waals surface area contributed by atoms with E-state index in [1.165, 1.54) is 11.3 Å². The Morgan fingerprint density at radius 2 is 1.92 bits per heavy atom. The molecule has 0 bridgehead atoms. The van der Waals surface area contributed by atoms with Crippen LogP contribution in [0.3, 0.4) is 0 Å². The van der Waals surface area contributed by atoms with Crippen molar-refractivity contribution in [2.75, 3.05) is 39.3 Å². The first-order valence-electron chi connectivity index (χ1n) is 8.22. The summed E-state index contributed by atoms with van der Waals surface area (Å²) in [5.74, 6) is -0.00193. The largest absolute Gasteiger partial charge is 0.351 e. The fourth-order valence-electron chi connectivity index (χ4n) is 2.79. The van der Waals surface area contributed by atoms with Crippen LogP contribution in [-0.4, -0.2) is 60.9 Å². The number of hydrogen-bond donors (Lipinski definition) is 1. The fourth-order valence-corrected chi connectivity index (χ4v) is 3.67. The maximum Gasteiger partial charge on any atom is 0.264 e. The molecule has 132 valence electrons. The Bertz CT molecular complexity index is 728. The Morgan fingerprint density at radius 3 is 2.60 bits per heavy atom. The summed E-state index contributed by atoms with van der Waals surface area (Å²) in [6.07, 6.45) is 0. The number of nitrogens with zero attached hydrogens (tertiary/aromatic N) is 2. The van der Waals surface area contributed by atoms with Crippen LogP contribution >= 0.6 is 22.9 Å². The predicted octanol–water partition coefficient (Wildman–Crippen LogP) is 2.59. The average Bonchev–Trinajstić information content (AvgIpc) is 3.16. The van der Waals surface area contributed by atoms with Gasteiger partial charge in [-0.3, -0.25) is 14.5 Å². The maximum atomic E-state index is 12.3. The van der Waals surface area contributed by atoms with Gasteiger partial charge in [0.1, 0.15) is 0 Å². The summed E-state index contributed by atoms with van der Waals surface area (Å²) in [5, 5.41) is 5.39. The molecule has 2 heterocycles. The minimum absolute atomic E-state index is 0.115. The molecule has 7 heteroatoms. The highest BCUT2D eigenvalue weighted by Gasteiger charge is 2.22. The van der Waals surface area contributed by atoms with Gasteiger partial charge >= 0.3 is 0 Å². The van der Waals surface area contributed by atoms with E-state index in [0.717, 1.165) is 37.6 Å². The molecule has 5 nitrogen and oxygen atoms in total. The molecule has 0 aliphatic carbocycles. The summed E-state index contributed by atoms with van der Waals surface area (Å²) in [4.78, 5) is 29.3. The average molecular weight is 378 g/mol. The first kappa shape index (κ1) is 17.9. The van der Waals surface area contributed by atoms with Crippen LogP contribution in [-0.2, 0) is 0 Å². The van der Waals surface area contributed by atoms with Gasteiger partial charge in [0.15, 0.2) is 0 Å². The van der Waals surface area contributed by atoms with E-state index >= 15 is 0 Å². The molecule has 1 aliphatic heterocycles. The third kappa shape index (κ3) is 4.81. The Labute approximate surface area is 156 Å². The Balaban J connectivity index is 1.39. The van der Waals surface area contributed by atoms with E-state index in [1.54, 1.807) is 24.3 Å². The van der Waals surface area contributed by atoms with Gasteiger partial charge in [0, 0.05) is 49.9 Å². The number of carbonyl (C=O) groups is 2. The van der Waals surface area contributed by atoms with Crippen LogP contribution in [0.2, 0.25) is 5.02 Å². The monoisotopic (exact) mass is 377 g/mol. The van der Waals surface area contributed by atoms with E-state index in [1.807, 2.05) is 22.4 Å². The molecule has 0 unspecified atom stereocenters. The van der Waals surface area contributed by atoms with Crippen LogP contribution in [0, 0.1) is 0 Å². The summed E-state index contributed by atoms with van der Waals surface area (Å²) in [7, 11) is 0. The highest BCUT2D eigenvalue weighted by molar-refractivity contribution is 7.12. The van der Waals surface area contributed by atoms with Gasteiger partial charge < -0.3 is 10.2 Å². The molecule has 1 fully saturated rings. The lowest BCUT2D eigenvalue weighted by Crippen LogP contribution is -2.50. The van der Waals surface area contributed by atoms with E-state index in [9.17, 15) is 9.59 Å². The number of amides is 2. The number of thiophene rings is 1. The SMILES string of the molecule is O=C(NCCN1CCN(C(=O)c2cccs2)CC1)c1cccc(Cl)c1. The molecule has 3 rings (SSSR count). The molecule has 0 saturated carbocycles. The lowest BCUT2D eigenvalue weighted by atomic mass is 10.2. The summed E-state index contributed by atoms with van der Waals surface area (Å²) < 4.78 is 0. The number of carbonyl (C=O) groups excluding carboxylic acids is 2. The van der Waals surface area contributed by atoms with Crippen molar-refractivity contribution in [1.82, 2.24) is 15.1 Å². The molecule has 2 amide bonds. The first-order chi connectivity index (χ1) is 12.1. The van der Waals surface area contributed by atoms with Crippen molar-refractivity contribution in [3.63, 3.8) is 0 Å². The van der Waals surface area contributed by atoms with Crippen molar-refractivity contribution >= 4 is 34.8 Å². The Hall–Kier alpha value is -1.89. The van der Waals surface area contributed by atoms with E-state index in [4.69, 9.17) is 11.6 Å². The molecule has 1 aromatic carbocycles. The molecule has 1 aromatic heterocycles. The lowest BCUT2D eigenvalue weighted by Gasteiger charge is -2.34. The van der Waals surface area contributed by atoms with Crippen LogP contribution in [0.5, 0.6) is 0 Å². The molecule has 25 heavy (non-hydrogen) atoms. The van der Waals surface area contributed by atoms with Crippen LogP contribution in [0.15, 0.2) is 41.8 Å². The first-order valence-corrected chi connectivity index (χ1v) is 9.48. The quantitative estimate of drug-likeness (QED) is 0.871. The van der Waals surface area contributed by atoms with E-state index in [0.29, 0.717) is 17.1 Å². The van der Waals surface area contributed by atoms with Crippen molar-refractivity contribution < 1.29 is 9.59 Å². The van der Waals surface area contributed by atoms with Crippen molar-refractivity contribution in [3.05, 3.63) is 57.2 Å². The second-order valence-electron chi connectivity index (χ2n) is 5.88. The summed E-state index contributed by atoms with van der Waals surface area (Å²) in [6, 6.07) is 10.7. The Kier molecular flexibility index (Phi) is 6.07. The van der Waals surface area contributed by atoms with Gasteiger partial charge in [-0.1, -0.05) is 23.7 Å². The van der Waals surface area contributed by atoms with E-state index < -0.39 is 0 Å². The third-order valence-corrected chi connectivity index (χ3v) is 5.28. The number of halogens is 1. The number of benzene rings is 1. The number of nitrogens with one attached hydrogen (secondary N) is 1. The predicted molar refractivity (Wildman–Crippen MR) is 100 cm³/mol. The van der Waals surface area contributed by atoms with Crippen molar-refractivity contribution in [3.8, 4) is 0 Å². The standard InChI is InChI=1S/C18H20ClN3O2S/c19-15-4-1-3-14(13-15)17(23)20-6-7-21-8-10-22(11-9-21)18(24)16-5-2-12-25-16/h1-5,12-13H,6-11H2,(H,20,23). The van der Waals surface area contributed by atoms with Gasteiger partial charge in [0.25, 0.3) is 11.8 Å². The second-order valence-corrected chi connectivity index (χ2v) is 7.26. The molecule has 1 aliphatic rings. The molecule has 2 aromatic rings. The van der Waals surface area contributed by atoms with Gasteiger partial charge in [0.2, 0.25) is 0 Å². The molecule has 0 spiro atoms. The van der Waals surface area contributed by atoms with Crippen molar-refractivity contribution in [2.45, 2.75) is 0 Å². The van der Waals surface area contributed by atoms with Crippen LogP contribution in [0.1, 0.15) is 20.0 Å². The smallest absolute Gasteiger partial charge is 0.264 e. The van der Waals surface area contributed by atoms with E-state index in [-0.39, 0.29) is 11.8 Å². The summed E-state index contributed by atoms with van der Waals surface area (Å²) in [6.45, 7) is 4.43. The zero-order valence-corrected chi connectivity index (χ0v) is 15.4. The van der Waals surface area contributed by atoms with Gasteiger partial charge in [-0.15, -0.1) is 11.3 Å². The van der Waals surface area contributed by atoms with Gasteiger partial charge in [-0.2, -0.15) is 0 Å². The zero-order chi connectivity index (χ0) is 17.6. The number of hydrogen-bond acceptors (Lipinski definition) is 4. The van der Waals surface area contributed by atoms with Crippen LogP contribution in [0.4, 0.5) is 0 Å². The van der Waals surface area contributed by atoms with Crippen molar-refractivity contribution in [2.24, 2.45) is 0 Å². The maximum absolute atomic E-state index is 12.3.